The van der Waals surface area contributed by atoms with Gasteiger partial charge in [-0.2, -0.15) is 0 Å². The van der Waals surface area contributed by atoms with Crippen molar-refractivity contribution in [2.24, 2.45) is 7.05 Å². The van der Waals surface area contributed by atoms with Gasteiger partial charge in [0.05, 0.1) is 11.4 Å². The van der Waals surface area contributed by atoms with Gasteiger partial charge in [0.25, 0.3) is 0 Å². The molecule has 0 aliphatic heterocycles. The summed E-state index contributed by atoms with van der Waals surface area (Å²) in [4.78, 5) is 15.9. The molecule has 0 aliphatic carbocycles. The van der Waals surface area contributed by atoms with Crippen LogP contribution in [0.2, 0.25) is 0 Å². The molecule has 6 nitrogen and oxygen atoms in total. The average Bonchev–Trinajstić information content (AvgIpc) is 3.17. The number of aromatic nitrogens is 3. The van der Waals surface area contributed by atoms with E-state index in [1.807, 2.05) is 46.0 Å². The number of nitrogens with one attached hydrogen (secondary N) is 1. The molecule has 0 unspecified atom stereocenters. The zero-order valence-corrected chi connectivity index (χ0v) is 17.1. The van der Waals surface area contributed by atoms with Crippen LogP contribution in [-0.4, -0.2) is 24.3 Å². The van der Waals surface area contributed by atoms with Gasteiger partial charge in [0.2, 0.25) is 0 Å². The van der Waals surface area contributed by atoms with Crippen LogP contribution >= 0.6 is 0 Å². The quantitative estimate of drug-likeness (QED) is 0.488. The zero-order valence-electron chi connectivity index (χ0n) is 17.1. The molecule has 0 bridgehead atoms. The Morgan fingerprint density at radius 3 is 2.48 bits per heavy atom. The molecule has 4 rings (SSSR count). The number of imidazole rings is 1. The van der Waals surface area contributed by atoms with Gasteiger partial charge in [-0.15, -0.1) is 0 Å². The van der Waals surface area contributed by atoms with Crippen molar-refractivity contribution in [3.05, 3.63) is 63.8 Å². The molecular weight excluding hydrogens is 366 g/mol. The van der Waals surface area contributed by atoms with Gasteiger partial charge < -0.3 is 19.8 Å². The van der Waals surface area contributed by atoms with Gasteiger partial charge in [-0.25, -0.2) is 4.79 Å². The number of benzene rings is 2. The highest BCUT2D eigenvalue weighted by molar-refractivity contribution is 5.86. The van der Waals surface area contributed by atoms with E-state index in [0.29, 0.717) is 24.1 Å². The van der Waals surface area contributed by atoms with Crippen molar-refractivity contribution in [1.29, 1.82) is 0 Å². The number of rotatable bonds is 4. The van der Waals surface area contributed by atoms with E-state index >= 15 is 0 Å². The number of nitrogens with zero attached hydrogens (tertiary/aromatic N) is 2. The molecule has 6 heteroatoms. The Kier molecular flexibility index (Phi) is 4.49. The minimum absolute atomic E-state index is 0.0533. The van der Waals surface area contributed by atoms with Crippen LogP contribution in [-0.2, 0) is 19.9 Å². The van der Waals surface area contributed by atoms with E-state index in [2.05, 4.69) is 15.7 Å². The Hall–Kier alpha value is -3.41. The molecule has 3 N–H and O–H groups in total. The van der Waals surface area contributed by atoms with Crippen LogP contribution in [0.25, 0.3) is 27.8 Å². The SMILES string of the molecule is CCc1cc(-c2c(CC)[nH]c(=O)n2-c2ccc3c(c2)c(C)cn3C)c(O)cc1O. The van der Waals surface area contributed by atoms with Gasteiger partial charge in [0, 0.05) is 41.5 Å². The second-order valence-corrected chi connectivity index (χ2v) is 7.42. The number of hydrogen-bond acceptors (Lipinski definition) is 3. The topological polar surface area (TPSA) is 83.2 Å². The highest BCUT2D eigenvalue weighted by atomic mass is 16.3. The largest absolute Gasteiger partial charge is 0.508 e. The number of aryl methyl sites for hydroxylation is 4. The highest BCUT2D eigenvalue weighted by Gasteiger charge is 2.21. The van der Waals surface area contributed by atoms with Crippen LogP contribution < -0.4 is 5.69 Å². The summed E-state index contributed by atoms with van der Waals surface area (Å²) in [5.74, 6) is -0.00307. The molecule has 0 fully saturated rings. The molecule has 0 radical (unpaired) electrons. The summed E-state index contributed by atoms with van der Waals surface area (Å²) in [6, 6.07) is 9.02. The van der Waals surface area contributed by atoms with Gasteiger partial charge in [-0.3, -0.25) is 4.57 Å². The first-order valence-electron chi connectivity index (χ1n) is 9.80. The van der Waals surface area contributed by atoms with E-state index in [4.69, 9.17) is 0 Å². The molecule has 0 saturated heterocycles. The molecule has 2 aromatic heterocycles. The normalized spacial score (nSPS) is 11.4. The van der Waals surface area contributed by atoms with E-state index < -0.39 is 0 Å². The monoisotopic (exact) mass is 391 g/mol. The fourth-order valence-corrected chi connectivity index (χ4v) is 4.08. The van der Waals surface area contributed by atoms with E-state index in [0.717, 1.165) is 33.4 Å². The molecule has 2 heterocycles. The van der Waals surface area contributed by atoms with Crippen LogP contribution in [0.15, 0.2) is 41.3 Å². The third-order valence-electron chi connectivity index (χ3n) is 5.59. The summed E-state index contributed by atoms with van der Waals surface area (Å²) in [6.45, 7) is 5.94. The first kappa shape index (κ1) is 18.9. The second-order valence-electron chi connectivity index (χ2n) is 7.42. The lowest BCUT2D eigenvalue weighted by molar-refractivity contribution is 0.447. The Labute approximate surface area is 168 Å². The fraction of sp³-hybridized carbons (Fsp3) is 0.261. The molecule has 0 saturated carbocycles. The fourth-order valence-electron chi connectivity index (χ4n) is 4.08. The van der Waals surface area contributed by atoms with E-state index in [9.17, 15) is 15.0 Å². The lowest BCUT2D eigenvalue weighted by Crippen LogP contribution is -2.15. The van der Waals surface area contributed by atoms with Crippen LogP contribution in [0, 0.1) is 6.92 Å². The standard InChI is InChI=1S/C23H25N3O3/c1-5-14-9-17(21(28)11-20(14)27)22-18(6-2)24-23(29)26(22)15-7-8-19-16(10-15)13(3)12-25(19)4/h7-12,27-28H,5-6H2,1-4H3,(H,24,29). The number of aromatic amines is 1. The van der Waals surface area contributed by atoms with Gasteiger partial charge in [-0.1, -0.05) is 13.8 Å². The number of H-pyrrole nitrogens is 1. The van der Waals surface area contributed by atoms with Crippen LogP contribution in [0.4, 0.5) is 0 Å². The Morgan fingerprint density at radius 2 is 1.79 bits per heavy atom. The Bertz CT molecular complexity index is 1290. The summed E-state index contributed by atoms with van der Waals surface area (Å²) in [7, 11) is 2.00. The molecule has 29 heavy (non-hydrogen) atoms. The van der Waals surface area contributed by atoms with Crippen molar-refractivity contribution in [2.75, 3.05) is 0 Å². The first-order valence-corrected chi connectivity index (χ1v) is 9.80. The second kappa shape index (κ2) is 6.88. The van der Waals surface area contributed by atoms with Gasteiger partial charge in [-0.05, 0) is 55.2 Å². The predicted molar refractivity (Wildman–Crippen MR) is 115 cm³/mol. The predicted octanol–water partition coefficient (Wildman–Crippen LogP) is 4.17. The molecule has 0 aliphatic rings. The summed E-state index contributed by atoms with van der Waals surface area (Å²) < 4.78 is 3.67. The molecule has 0 atom stereocenters. The number of phenols is 2. The van der Waals surface area contributed by atoms with Gasteiger partial charge in [0.1, 0.15) is 11.5 Å². The van der Waals surface area contributed by atoms with Crippen LogP contribution in [0.3, 0.4) is 0 Å². The van der Waals surface area contributed by atoms with Crippen molar-refractivity contribution in [3.8, 4) is 28.4 Å². The summed E-state index contributed by atoms with van der Waals surface area (Å²) in [6.07, 6.45) is 3.28. The van der Waals surface area contributed by atoms with E-state index in [1.165, 1.54) is 6.07 Å². The summed E-state index contributed by atoms with van der Waals surface area (Å²) >= 11 is 0. The molecular formula is C23H25N3O3. The Balaban J connectivity index is 2.03. The smallest absolute Gasteiger partial charge is 0.330 e. The van der Waals surface area contributed by atoms with Crippen LogP contribution in [0.5, 0.6) is 11.5 Å². The summed E-state index contributed by atoms with van der Waals surface area (Å²) in [5.41, 5.74) is 5.30. The zero-order chi connectivity index (χ0) is 20.9. The molecule has 0 spiro atoms. The number of phenolic OH excluding ortho intramolecular Hbond substituents is 2. The Morgan fingerprint density at radius 1 is 1.03 bits per heavy atom. The van der Waals surface area contributed by atoms with Crippen molar-refractivity contribution in [1.82, 2.24) is 14.1 Å². The maximum Gasteiger partial charge on any atom is 0.330 e. The van der Waals surface area contributed by atoms with E-state index in [-0.39, 0.29) is 17.2 Å². The highest BCUT2D eigenvalue weighted by Crippen LogP contribution is 2.37. The maximum atomic E-state index is 12.9. The minimum Gasteiger partial charge on any atom is -0.508 e. The maximum absolute atomic E-state index is 12.9. The van der Waals surface area contributed by atoms with Crippen molar-refractivity contribution >= 4 is 10.9 Å². The van der Waals surface area contributed by atoms with Crippen molar-refractivity contribution in [2.45, 2.75) is 33.6 Å². The third kappa shape index (κ3) is 2.92. The molecule has 2 aromatic carbocycles. The van der Waals surface area contributed by atoms with Gasteiger partial charge in [0.15, 0.2) is 0 Å². The number of aromatic hydroxyl groups is 2. The van der Waals surface area contributed by atoms with Crippen molar-refractivity contribution in [3.63, 3.8) is 0 Å². The molecule has 4 aromatic rings. The lowest BCUT2D eigenvalue weighted by atomic mass is 10.0. The third-order valence-corrected chi connectivity index (χ3v) is 5.59. The van der Waals surface area contributed by atoms with Gasteiger partial charge >= 0.3 is 5.69 Å². The number of hydrogen-bond donors (Lipinski definition) is 3. The average molecular weight is 391 g/mol. The lowest BCUT2D eigenvalue weighted by Gasteiger charge is -2.14. The molecule has 150 valence electrons. The van der Waals surface area contributed by atoms with Crippen LogP contribution in [0.1, 0.15) is 30.7 Å². The minimum atomic E-state index is -0.254. The number of fused-ring (bicyclic) bond motifs is 1. The van der Waals surface area contributed by atoms with E-state index in [1.54, 1.807) is 10.6 Å². The van der Waals surface area contributed by atoms with Crippen molar-refractivity contribution < 1.29 is 10.2 Å². The first-order chi connectivity index (χ1) is 13.8. The summed E-state index contributed by atoms with van der Waals surface area (Å²) in [5, 5.41) is 21.8. The molecule has 0 amide bonds.